The Morgan fingerprint density at radius 1 is 1.21 bits per heavy atom. The van der Waals surface area contributed by atoms with E-state index in [9.17, 15) is 9.18 Å². The zero-order chi connectivity index (χ0) is 13.2. The van der Waals surface area contributed by atoms with Gasteiger partial charge in [0.2, 0.25) is 0 Å². The maximum atomic E-state index is 12.8. The van der Waals surface area contributed by atoms with Gasteiger partial charge in [-0.3, -0.25) is 4.79 Å². The van der Waals surface area contributed by atoms with Crippen LogP contribution in [-0.2, 0) is 0 Å². The van der Waals surface area contributed by atoms with Crippen molar-refractivity contribution in [2.24, 2.45) is 0 Å². The van der Waals surface area contributed by atoms with Crippen molar-refractivity contribution >= 4 is 30.6 Å². The minimum absolute atomic E-state index is 0.0743. The van der Waals surface area contributed by atoms with Crippen molar-refractivity contribution in [3.8, 4) is 0 Å². The van der Waals surface area contributed by atoms with Crippen molar-refractivity contribution in [3.63, 3.8) is 0 Å². The molecule has 1 N–H and O–H groups in total. The van der Waals surface area contributed by atoms with Gasteiger partial charge in [0, 0.05) is 11.6 Å². The van der Waals surface area contributed by atoms with Crippen LogP contribution in [0.4, 0.5) is 4.39 Å². The van der Waals surface area contributed by atoms with Crippen LogP contribution in [0.15, 0.2) is 45.6 Å². The van der Waals surface area contributed by atoms with Crippen LogP contribution in [-0.4, -0.2) is 16.0 Å². The lowest BCUT2D eigenvalue weighted by Gasteiger charge is -2.11. The van der Waals surface area contributed by atoms with Crippen molar-refractivity contribution in [2.75, 3.05) is 0 Å². The number of amides is 1. The fraction of sp³-hybridized carbons (Fsp3) is 0.200. The van der Waals surface area contributed by atoms with E-state index < -0.39 is 0 Å². The Labute approximate surface area is 121 Å². The largest absolute Gasteiger partial charge is 0.349 e. The van der Waals surface area contributed by atoms with E-state index in [2.05, 4.69) is 19.5 Å². The Kier molecular flexibility index (Phi) is 3.59. The molecule has 2 nitrogen and oxygen atoms in total. The van der Waals surface area contributed by atoms with Crippen LogP contribution in [0.3, 0.4) is 0 Å². The highest BCUT2D eigenvalue weighted by Gasteiger charge is 2.25. The molecule has 0 radical (unpaired) electrons. The third kappa shape index (κ3) is 2.83. The van der Waals surface area contributed by atoms with Gasteiger partial charge in [-0.05, 0) is 56.3 Å². The van der Waals surface area contributed by atoms with Gasteiger partial charge in [-0.2, -0.15) is 0 Å². The summed E-state index contributed by atoms with van der Waals surface area (Å²) in [5.41, 5.74) is 3.27. The summed E-state index contributed by atoms with van der Waals surface area (Å²) in [6.07, 6.45) is 4.03. The van der Waals surface area contributed by atoms with Gasteiger partial charge >= 0.3 is 0 Å². The first-order valence-corrected chi connectivity index (χ1v) is 8.62. The Bertz CT molecular complexity index is 577. The van der Waals surface area contributed by atoms with Crippen molar-refractivity contribution in [3.05, 3.63) is 57.0 Å². The van der Waals surface area contributed by atoms with Crippen LogP contribution in [0.25, 0.3) is 0 Å². The number of benzene rings is 1. The molecule has 2 aliphatic rings. The number of carbonyl (C=O) groups is 1. The fourth-order valence-electron chi connectivity index (χ4n) is 2.35. The van der Waals surface area contributed by atoms with E-state index in [1.807, 2.05) is 0 Å². The minimum atomic E-state index is -0.321. The second-order valence-corrected chi connectivity index (χ2v) is 6.72. The molecule has 0 saturated heterocycles. The molecule has 1 aromatic rings. The van der Waals surface area contributed by atoms with Crippen molar-refractivity contribution in [1.82, 2.24) is 5.32 Å². The van der Waals surface area contributed by atoms with Crippen molar-refractivity contribution in [2.45, 2.75) is 18.9 Å². The number of rotatable bonds is 2. The fourth-order valence-corrected chi connectivity index (χ4v) is 4.29. The Morgan fingerprint density at radius 3 is 2.68 bits per heavy atom. The second-order valence-electron chi connectivity index (χ2n) is 4.66. The van der Waals surface area contributed by atoms with Gasteiger partial charge in [0.25, 0.3) is 5.91 Å². The predicted molar refractivity (Wildman–Crippen MR) is 83.1 cm³/mol. The van der Waals surface area contributed by atoms with Crippen LogP contribution in [0.5, 0.6) is 0 Å². The van der Waals surface area contributed by atoms with Crippen LogP contribution in [0.2, 0.25) is 0 Å². The number of carbonyl (C=O) groups excluding carboxylic acids is 1. The van der Waals surface area contributed by atoms with E-state index in [0.717, 1.165) is 12.8 Å². The zero-order valence-corrected chi connectivity index (χ0v) is 12.4. The van der Waals surface area contributed by atoms with Crippen molar-refractivity contribution in [1.29, 1.82) is 0 Å². The number of allylic oxidation sites excluding steroid dienone is 1. The lowest BCUT2D eigenvalue weighted by Crippen LogP contribution is -2.32. The summed E-state index contributed by atoms with van der Waals surface area (Å²) in [6, 6.07) is 5.84. The lowest BCUT2D eigenvalue weighted by atomic mass is 10.1. The van der Waals surface area contributed by atoms with E-state index >= 15 is 0 Å². The van der Waals surface area contributed by atoms with Crippen LogP contribution in [0, 0.1) is 5.82 Å². The number of halogens is 2. The summed E-state index contributed by atoms with van der Waals surface area (Å²) < 4.78 is 17.4. The predicted octanol–water partition coefficient (Wildman–Crippen LogP) is 3.31. The molecule has 1 heterocycles. The molecule has 1 aromatic carbocycles. The molecule has 0 bridgehead atoms. The Balaban J connectivity index is 1.67. The van der Waals surface area contributed by atoms with Crippen LogP contribution >= 0.6 is 20.7 Å². The molecule has 1 aliphatic carbocycles. The first kappa shape index (κ1) is 12.7. The standard InChI is InChI=1S/C15H13FINO/c16-13-3-1-10(2-4-13)15(19)18-14-7-11-5-6-17-9-12(11)8-14/h1-6,9,14H,7-8H2,(H,18,19). The normalized spacial score (nSPS) is 21.0. The third-order valence-electron chi connectivity index (χ3n) is 3.32. The second kappa shape index (κ2) is 5.36. The molecule has 1 aliphatic heterocycles. The highest BCUT2D eigenvalue weighted by molar-refractivity contribution is 14.2. The molecule has 0 spiro atoms. The maximum absolute atomic E-state index is 12.8. The van der Waals surface area contributed by atoms with Crippen LogP contribution < -0.4 is 5.32 Å². The molecule has 0 aromatic heterocycles. The first-order chi connectivity index (χ1) is 9.22. The van der Waals surface area contributed by atoms with E-state index in [0.29, 0.717) is 5.56 Å². The van der Waals surface area contributed by atoms with E-state index in [1.165, 1.54) is 35.4 Å². The molecule has 1 unspecified atom stereocenters. The van der Waals surface area contributed by atoms with Gasteiger partial charge in [-0.15, -0.1) is 0 Å². The summed E-state index contributed by atoms with van der Waals surface area (Å²) in [5, 5.41) is 3.03. The Morgan fingerprint density at radius 2 is 1.95 bits per heavy atom. The summed E-state index contributed by atoms with van der Waals surface area (Å²) in [6.45, 7) is 0. The summed E-state index contributed by atoms with van der Waals surface area (Å²) >= 11 is 0.0743. The van der Waals surface area contributed by atoms with E-state index in [1.54, 1.807) is 0 Å². The molecule has 1 atom stereocenters. The van der Waals surface area contributed by atoms with E-state index in [4.69, 9.17) is 0 Å². The molecular formula is C15H13FINO. The molecule has 1 saturated carbocycles. The average Bonchev–Trinajstić information content (AvgIpc) is 2.81. The SMILES string of the molecule is O=C(NC1CC2=CC=IC=C2C1)c1ccc(F)cc1. The summed E-state index contributed by atoms with van der Waals surface area (Å²) in [4.78, 5) is 12.0. The van der Waals surface area contributed by atoms with Gasteiger partial charge < -0.3 is 5.32 Å². The number of hydrogen-bond donors (Lipinski definition) is 1. The minimum Gasteiger partial charge on any atom is -0.349 e. The average molecular weight is 369 g/mol. The van der Waals surface area contributed by atoms with Gasteiger partial charge in [0.05, 0.1) is 0 Å². The molecule has 19 heavy (non-hydrogen) atoms. The Hall–Kier alpha value is -1.30. The molecule has 1 fully saturated rings. The molecular weight excluding hydrogens is 356 g/mol. The highest BCUT2D eigenvalue weighted by atomic mass is 127. The van der Waals surface area contributed by atoms with Crippen molar-refractivity contribution < 1.29 is 9.18 Å². The van der Waals surface area contributed by atoms with Crippen LogP contribution in [0.1, 0.15) is 23.2 Å². The summed E-state index contributed by atoms with van der Waals surface area (Å²) in [5.74, 6) is -0.443. The number of nitrogens with one attached hydrogen (secondary N) is 1. The molecule has 1 amide bonds. The quantitative estimate of drug-likeness (QED) is 0.797. The third-order valence-corrected chi connectivity index (χ3v) is 5.20. The van der Waals surface area contributed by atoms with Gasteiger partial charge in [-0.1, -0.05) is 26.8 Å². The zero-order valence-electron chi connectivity index (χ0n) is 10.2. The molecule has 3 rings (SSSR count). The highest BCUT2D eigenvalue weighted by Crippen LogP contribution is 2.34. The number of fused-ring (bicyclic) bond motifs is 1. The van der Waals surface area contributed by atoms with Gasteiger partial charge in [0.1, 0.15) is 5.82 Å². The van der Waals surface area contributed by atoms with Gasteiger partial charge in [0.15, 0.2) is 0 Å². The monoisotopic (exact) mass is 369 g/mol. The summed E-state index contributed by atoms with van der Waals surface area (Å²) in [7, 11) is 0. The maximum Gasteiger partial charge on any atom is 0.251 e. The van der Waals surface area contributed by atoms with E-state index in [-0.39, 0.29) is 38.5 Å². The number of hydrogen-bond acceptors (Lipinski definition) is 1. The topological polar surface area (TPSA) is 29.1 Å². The molecule has 4 heteroatoms. The lowest BCUT2D eigenvalue weighted by molar-refractivity contribution is 0.0939. The molecule has 98 valence electrons. The smallest absolute Gasteiger partial charge is 0.251 e. The van der Waals surface area contributed by atoms with Gasteiger partial charge in [-0.25, -0.2) is 4.39 Å². The first-order valence-electron chi connectivity index (χ1n) is 6.12.